The molecule has 1 heteroatoms. The lowest BCUT2D eigenvalue weighted by atomic mass is 9.86. The molecule has 1 nitrogen and oxygen atoms in total. The maximum atomic E-state index is 4.66. The molecule has 0 fully saturated rings. The quantitative estimate of drug-likeness (QED) is 0.780. The fourth-order valence-corrected chi connectivity index (χ4v) is 2.31. The van der Waals surface area contributed by atoms with E-state index in [2.05, 4.69) is 75.1 Å². The number of rotatable bonds is 4. The summed E-state index contributed by atoms with van der Waals surface area (Å²) in [7, 11) is 0. The monoisotopic (exact) mass is 267 g/mol. The summed E-state index contributed by atoms with van der Waals surface area (Å²) in [5, 5.41) is 0. The van der Waals surface area contributed by atoms with E-state index in [4.69, 9.17) is 0 Å². The number of hydrogen-bond acceptors (Lipinski definition) is 1. The Hall–Kier alpha value is -1.63. The Morgan fingerprint density at radius 2 is 1.50 bits per heavy atom. The molecule has 1 heterocycles. The summed E-state index contributed by atoms with van der Waals surface area (Å²) in [6, 6.07) is 15.4. The first kappa shape index (κ1) is 14.8. The number of pyridine rings is 1. The Morgan fingerprint density at radius 1 is 0.850 bits per heavy atom. The largest absolute Gasteiger partial charge is 0.258 e. The van der Waals surface area contributed by atoms with Crippen molar-refractivity contribution in [2.24, 2.45) is 0 Å². The molecular weight excluding hydrogens is 242 g/mol. The molecule has 1 aromatic heterocycles. The highest BCUT2D eigenvalue weighted by atomic mass is 14.7. The fourth-order valence-electron chi connectivity index (χ4n) is 2.31. The summed E-state index contributed by atoms with van der Waals surface area (Å²) in [5.41, 5.74) is 5.40. The topological polar surface area (TPSA) is 12.9 Å². The van der Waals surface area contributed by atoms with Crippen molar-refractivity contribution >= 4 is 0 Å². The van der Waals surface area contributed by atoms with Gasteiger partial charge in [-0.25, -0.2) is 0 Å². The Bertz CT molecular complexity index is 547. The van der Waals surface area contributed by atoms with E-state index in [0.29, 0.717) is 0 Å². The van der Waals surface area contributed by atoms with E-state index in [1.807, 2.05) is 0 Å². The highest BCUT2D eigenvalue weighted by molar-refractivity contribution is 5.28. The van der Waals surface area contributed by atoms with Crippen LogP contribution in [0.1, 0.15) is 50.2 Å². The minimum atomic E-state index is 0.232. The minimum Gasteiger partial charge on any atom is -0.258 e. The predicted octanol–water partition coefficient (Wildman–Crippen LogP) is 4.73. The van der Waals surface area contributed by atoms with Crippen LogP contribution in [0, 0.1) is 0 Å². The second kappa shape index (κ2) is 6.21. The molecule has 0 aliphatic carbocycles. The zero-order valence-electron chi connectivity index (χ0n) is 13.1. The molecule has 106 valence electrons. The molecule has 0 aliphatic rings. The van der Waals surface area contributed by atoms with Gasteiger partial charge in [-0.2, -0.15) is 0 Å². The van der Waals surface area contributed by atoms with Crippen LogP contribution in [0.2, 0.25) is 0 Å². The molecule has 0 spiro atoms. The number of benzene rings is 1. The van der Waals surface area contributed by atoms with Crippen LogP contribution < -0.4 is 0 Å². The van der Waals surface area contributed by atoms with Gasteiger partial charge in [-0.3, -0.25) is 4.98 Å². The van der Waals surface area contributed by atoms with Crippen molar-refractivity contribution in [3.8, 4) is 0 Å². The SMILES string of the molecule is CCc1cccc(CCc2ccc(C(C)(C)C)cc2)n1. The standard InChI is InChI=1S/C19H25N/c1-5-17-7-6-8-18(20-17)14-11-15-9-12-16(13-10-15)19(2,3)4/h6-10,12-13H,5,11,14H2,1-4H3. The van der Waals surface area contributed by atoms with Gasteiger partial charge in [0, 0.05) is 11.4 Å². The number of hydrogen-bond donors (Lipinski definition) is 0. The van der Waals surface area contributed by atoms with Crippen LogP contribution in [0.5, 0.6) is 0 Å². The minimum absolute atomic E-state index is 0.232. The van der Waals surface area contributed by atoms with Crippen molar-refractivity contribution in [3.05, 3.63) is 65.0 Å². The second-order valence-corrected chi connectivity index (χ2v) is 6.42. The average molecular weight is 267 g/mol. The van der Waals surface area contributed by atoms with Gasteiger partial charge in [0.2, 0.25) is 0 Å². The zero-order chi connectivity index (χ0) is 14.6. The van der Waals surface area contributed by atoms with E-state index in [-0.39, 0.29) is 5.41 Å². The van der Waals surface area contributed by atoms with Gasteiger partial charge in [-0.05, 0) is 47.9 Å². The van der Waals surface area contributed by atoms with Gasteiger partial charge in [0.15, 0.2) is 0 Å². The van der Waals surface area contributed by atoms with Crippen LogP contribution in [0.3, 0.4) is 0 Å². The van der Waals surface area contributed by atoms with Gasteiger partial charge in [-0.1, -0.05) is 58.0 Å². The first-order valence-electron chi connectivity index (χ1n) is 7.53. The van der Waals surface area contributed by atoms with Crippen LogP contribution in [-0.2, 0) is 24.7 Å². The summed E-state index contributed by atoms with van der Waals surface area (Å²) in [6.45, 7) is 8.91. The molecule has 0 atom stereocenters. The summed E-state index contributed by atoms with van der Waals surface area (Å²) in [5.74, 6) is 0. The van der Waals surface area contributed by atoms with Gasteiger partial charge in [0.25, 0.3) is 0 Å². The summed E-state index contributed by atoms with van der Waals surface area (Å²) >= 11 is 0. The van der Waals surface area contributed by atoms with Gasteiger partial charge in [0.1, 0.15) is 0 Å². The van der Waals surface area contributed by atoms with Crippen molar-refractivity contribution in [1.29, 1.82) is 0 Å². The highest BCUT2D eigenvalue weighted by Crippen LogP contribution is 2.22. The molecule has 2 aromatic rings. The molecular formula is C19H25N. The normalized spacial score (nSPS) is 11.6. The average Bonchev–Trinajstić information content (AvgIpc) is 2.45. The molecule has 1 aromatic carbocycles. The smallest absolute Gasteiger partial charge is 0.0410 e. The Balaban J connectivity index is 2.00. The predicted molar refractivity (Wildman–Crippen MR) is 86.2 cm³/mol. The molecule has 0 bridgehead atoms. The van der Waals surface area contributed by atoms with Crippen LogP contribution in [0.4, 0.5) is 0 Å². The van der Waals surface area contributed by atoms with E-state index in [1.165, 1.54) is 22.5 Å². The number of aryl methyl sites for hydroxylation is 3. The summed E-state index contributed by atoms with van der Waals surface area (Å²) in [6.07, 6.45) is 3.08. The summed E-state index contributed by atoms with van der Waals surface area (Å²) in [4.78, 5) is 4.66. The third-order valence-electron chi connectivity index (χ3n) is 3.72. The molecule has 0 unspecified atom stereocenters. The van der Waals surface area contributed by atoms with Crippen molar-refractivity contribution in [2.45, 2.75) is 52.4 Å². The van der Waals surface area contributed by atoms with Crippen LogP contribution in [0.15, 0.2) is 42.5 Å². The Labute approximate surface area is 123 Å². The van der Waals surface area contributed by atoms with E-state index >= 15 is 0 Å². The molecule has 0 amide bonds. The second-order valence-electron chi connectivity index (χ2n) is 6.42. The third-order valence-corrected chi connectivity index (χ3v) is 3.72. The van der Waals surface area contributed by atoms with Crippen LogP contribution in [0.25, 0.3) is 0 Å². The zero-order valence-corrected chi connectivity index (χ0v) is 13.1. The molecule has 0 aliphatic heterocycles. The van der Waals surface area contributed by atoms with Crippen molar-refractivity contribution < 1.29 is 0 Å². The Kier molecular flexibility index (Phi) is 4.59. The van der Waals surface area contributed by atoms with Gasteiger partial charge in [0.05, 0.1) is 0 Å². The molecule has 2 rings (SSSR count). The first-order chi connectivity index (χ1) is 9.49. The lowest BCUT2D eigenvalue weighted by Gasteiger charge is -2.19. The molecule has 0 radical (unpaired) electrons. The number of nitrogens with zero attached hydrogens (tertiary/aromatic N) is 1. The van der Waals surface area contributed by atoms with Gasteiger partial charge >= 0.3 is 0 Å². The molecule has 0 saturated carbocycles. The van der Waals surface area contributed by atoms with Crippen molar-refractivity contribution in [1.82, 2.24) is 4.98 Å². The van der Waals surface area contributed by atoms with E-state index in [1.54, 1.807) is 0 Å². The molecule has 20 heavy (non-hydrogen) atoms. The van der Waals surface area contributed by atoms with Crippen LogP contribution in [-0.4, -0.2) is 4.98 Å². The number of aromatic nitrogens is 1. The lowest BCUT2D eigenvalue weighted by Crippen LogP contribution is -2.10. The summed E-state index contributed by atoms with van der Waals surface area (Å²) < 4.78 is 0. The third kappa shape index (κ3) is 3.93. The highest BCUT2D eigenvalue weighted by Gasteiger charge is 2.12. The maximum absolute atomic E-state index is 4.66. The molecule has 0 saturated heterocycles. The Morgan fingerprint density at radius 3 is 2.10 bits per heavy atom. The fraction of sp³-hybridized carbons (Fsp3) is 0.421. The van der Waals surface area contributed by atoms with Crippen molar-refractivity contribution in [2.75, 3.05) is 0 Å². The van der Waals surface area contributed by atoms with E-state index in [0.717, 1.165) is 19.3 Å². The maximum Gasteiger partial charge on any atom is 0.0410 e. The lowest BCUT2D eigenvalue weighted by molar-refractivity contribution is 0.590. The molecule has 0 N–H and O–H groups in total. The van der Waals surface area contributed by atoms with Gasteiger partial charge < -0.3 is 0 Å². The van der Waals surface area contributed by atoms with Crippen LogP contribution >= 0.6 is 0 Å². The van der Waals surface area contributed by atoms with Gasteiger partial charge in [-0.15, -0.1) is 0 Å². The van der Waals surface area contributed by atoms with Crippen molar-refractivity contribution in [3.63, 3.8) is 0 Å². The van der Waals surface area contributed by atoms with E-state index < -0.39 is 0 Å². The van der Waals surface area contributed by atoms with E-state index in [9.17, 15) is 0 Å². The first-order valence-corrected chi connectivity index (χ1v) is 7.53.